The molecular weight excluding hydrogens is 233 g/mol. The number of halogens is 1. The number of nitrogens with zero attached hydrogens (tertiary/aromatic N) is 1. The molecule has 5 heteroatoms. The molecule has 94 valence electrons. The van der Waals surface area contributed by atoms with Gasteiger partial charge in [-0.05, 0) is 30.7 Å². The van der Waals surface area contributed by atoms with Crippen molar-refractivity contribution in [3.63, 3.8) is 0 Å². The zero-order valence-electron chi connectivity index (χ0n) is 9.98. The Kier molecular flexibility index (Phi) is 3.74. The summed E-state index contributed by atoms with van der Waals surface area (Å²) in [4.78, 5) is 4.11. The summed E-state index contributed by atoms with van der Waals surface area (Å²) in [6.07, 6.45) is 1.61. The Hall–Kier alpha value is -2.14. The Morgan fingerprint density at radius 2 is 2.22 bits per heavy atom. The number of aryl methyl sites for hydroxylation is 1. The lowest BCUT2D eigenvalue weighted by molar-refractivity contribution is 0.285. The highest BCUT2D eigenvalue weighted by molar-refractivity contribution is 5.41. The molecule has 4 nitrogen and oxygen atoms in total. The maximum absolute atomic E-state index is 13.7. The highest BCUT2D eigenvalue weighted by atomic mass is 19.1. The van der Waals surface area contributed by atoms with Gasteiger partial charge in [-0.1, -0.05) is 12.1 Å². The molecule has 0 spiro atoms. The number of nitrogens with one attached hydrogen (secondary N) is 1. The summed E-state index contributed by atoms with van der Waals surface area (Å²) in [6, 6.07) is 8.51. The summed E-state index contributed by atoms with van der Waals surface area (Å²) in [5, 5.41) is 0. The minimum Gasteiger partial charge on any atom is -0.484 e. The lowest BCUT2D eigenvalue weighted by atomic mass is 10.2. The predicted octanol–water partition coefficient (Wildman–Crippen LogP) is 2.39. The summed E-state index contributed by atoms with van der Waals surface area (Å²) in [7, 11) is 0. The van der Waals surface area contributed by atoms with Gasteiger partial charge in [0, 0.05) is 6.20 Å². The van der Waals surface area contributed by atoms with E-state index in [1.165, 1.54) is 0 Å². The molecule has 0 saturated carbocycles. The van der Waals surface area contributed by atoms with E-state index in [4.69, 9.17) is 10.6 Å². The SMILES string of the molecule is Cc1cccc(OCc2cc(NN)ccn2)c1F. The quantitative estimate of drug-likeness (QED) is 0.643. The number of rotatable bonds is 4. The van der Waals surface area contributed by atoms with Crippen molar-refractivity contribution in [2.45, 2.75) is 13.5 Å². The van der Waals surface area contributed by atoms with E-state index in [9.17, 15) is 4.39 Å². The summed E-state index contributed by atoms with van der Waals surface area (Å²) in [6.45, 7) is 1.88. The average Bonchev–Trinajstić information content (AvgIpc) is 2.41. The van der Waals surface area contributed by atoms with Crippen LogP contribution in [-0.4, -0.2) is 4.98 Å². The van der Waals surface area contributed by atoms with Crippen LogP contribution in [0.1, 0.15) is 11.3 Å². The summed E-state index contributed by atoms with van der Waals surface area (Å²) in [5.41, 5.74) is 4.47. The molecule has 1 aromatic carbocycles. The first-order chi connectivity index (χ1) is 8.70. The van der Waals surface area contributed by atoms with Crippen molar-refractivity contribution in [3.05, 3.63) is 53.6 Å². The lowest BCUT2D eigenvalue weighted by Gasteiger charge is -2.08. The van der Waals surface area contributed by atoms with Crippen molar-refractivity contribution >= 4 is 5.69 Å². The molecule has 18 heavy (non-hydrogen) atoms. The van der Waals surface area contributed by atoms with Crippen molar-refractivity contribution in [2.75, 3.05) is 5.43 Å². The Morgan fingerprint density at radius 1 is 1.39 bits per heavy atom. The maximum Gasteiger partial charge on any atom is 0.167 e. The largest absolute Gasteiger partial charge is 0.484 e. The molecule has 0 aliphatic carbocycles. The van der Waals surface area contributed by atoms with Crippen molar-refractivity contribution in [3.8, 4) is 5.75 Å². The number of hydrogen-bond donors (Lipinski definition) is 2. The van der Waals surface area contributed by atoms with Gasteiger partial charge >= 0.3 is 0 Å². The minimum atomic E-state index is -0.342. The van der Waals surface area contributed by atoms with E-state index in [1.807, 2.05) is 0 Å². The van der Waals surface area contributed by atoms with Gasteiger partial charge in [0.1, 0.15) is 6.61 Å². The second-order valence-corrected chi connectivity index (χ2v) is 3.86. The van der Waals surface area contributed by atoms with Crippen LogP contribution in [-0.2, 0) is 6.61 Å². The van der Waals surface area contributed by atoms with Crippen LogP contribution < -0.4 is 16.0 Å². The topological polar surface area (TPSA) is 60.2 Å². The fourth-order valence-electron chi connectivity index (χ4n) is 1.53. The molecule has 3 N–H and O–H groups in total. The molecule has 0 bridgehead atoms. The number of nitrogen functional groups attached to an aromatic ring is 1. The van der Waals surface area contributed by atoms with E-state index >= 15 is 0 Å². The molecular formula is C13H14FN3O. The second kappa shape index (κ2) is 5.46. The number of nitrogens with two attached hydrogens (primary N) is 1. The number of benzene rings is 1. The zero-order chi connectivity index (χ0) is 13.0. The lowest BCUT2D eigenvalue weighted by Crippen LogP contribution is -2.08. The fourth-order valence-corrected chi connectivity index (χ4v) is 1.53. The normalized spacial score (nSPS) is 10.2. The van der Waals surface area contributed by atoms with Gasteiger partial charge in [0.05, 0.1) is 11.4 Å². The third-order valence-electron chi connectivity index (χ3n) is 2.52. The molecule has 1 heterocycles. The van der Waals surface area contributed by atoms with Crippen molar-refractivity contribution < 1.29 is 9.13 Å². The van der Waals surface area contributed by atoms with E-state index < -0.39 is 0 Å². The Morgan fingerprint density at radius 3 is 3.00 bits per heavy atom. The first-order valence-corrected chi connectivity index (χ1v) is 5.50. The summed E-state index contributed by atoms with van der Waals surface area (Å²) >= 11 is 0. The van der Waals surface area contributed by atoms with Crippen molar-refractivity contribution in [2.24, 2.45) is 5.84 Å². The van der Waals surface area contributed by atoms with Gasteiger partial charge in [-0.2, -0.15) is 0 Å². The van der Waals surface area contributed by atoms with Crippen LogP contribution in [0.3, 0.4) is 0 Å². The van der Waals surface area contributed by atoms with Crippen LogP contribution in [0.15, 0.2) is 36.5 Å². The molecule has 1 aromatic heterocycles. The molecule has 0 unspecified atom stereocenters. The molecule has 0 atom stereocenters. The van der Waals surface area contributed by atoms with E-state index in [0.29, 0.717) is 11.3 Å². The van der Waals surface area contributed by atoms with Gasteiger partial charge < -0.3 is 10.2 Å². The van der Waals surface area contributed by atoms with Crippen LogP contribution >= 0.6 is 0 Å². The van der Waals surface area contributed by atoms with Crippen LogP contribution in [0.5, 0.6) is 5.75 Å². The smallest absolute Gasteiger partial charge is 0.167 e. The van der Waals surface area contributed by atoms with Gasteiger partial charge in [0.15, 0.2) is 11.6 Å². The van der Waals surface area contributed by atoms with Gasteiger partial charge in [-0.3, -0.25) is 10.8 Å². The first kappa shape index (κ1) is 12.3. The van der Waals surface area contributed by atoms with Crippen LogP contribution in [0, 0.1) is 12.7 Å². The van der Waals surface area contributed by atoms with E-state index in [-0.39, 0.29) is 18.2 Å². The van der Waals surface area contributed by atoms with Crippen LogP contribution in [0.4, 0.5) is 10.1 Å². The maximum atomic E-state index is 13.7. The van der Waals surface area contributed by atoms with Crippen molar-refractivity contribution in [1.29, 1.82) is 0 Å². The van der Waals surface area contributed by atoms with E-state index in [0.717, 1.165) is 5.69 Å². The standard InChI is InChI=1S/C13H14FN3O/c1-9-3-2-4-12(13(9)14)18-8-11-7-10(17-15)5-6-16-11/h2-7H,8,15H2,1H3,(H,16,17). The fraction of sp³-hybridized carbons (Fsp3) is 0.154. The molecule has 0 amide bonds. The molecule has 2 aromatic rings. The van der Waals surface area contributed by atoms with E-state index in [2.05, 4.69) is 10.4 Å². The highest BCUT2D eigenvalue weighted by Crippen LogP contribution is 2.20. The number of hydrazine groups is 1. The third-order valence-corrected chi connectivity index (χ3v) is 2.52. The van der Waals surface area contributed by atoms with Crippen LogP contribution in [0.2, 0.25) is 0 Å². The number of anilines is 1. The number of hydrogen-bond acceptors (Lipinski definition) is 4. The predicted molar refractivity (Wildman–Crippen MR) is 67.5 cm³/mol. The number of ether oxygens (including phenoxy) is 1. The summed E-state index contributed by atoms with van der Waals surface area (Å²) < 4.78 is 19.1. The Balaban J connectivity index is 2.09. The van der Waals surface area contributed by atoms with Gasteiger partial charge in [-0.25, -0.2) is 4.39 Å². The van der Waals surface area contributed by atoms with Gasteiger partial charge in [-0.15, -0.1) is 0 Å². The van der Waals surface area contributed by atoms with Crippen molar-refractivity contribution in [1.82, 2.24) is 4.98 Å². The highest BCUT2D eigenvalue weighted by Gasteiger charge is 2.06. The minimum absolute atomic E-state index is 0.190. The second-order valence-electron chi connectivity index (χ2n) is 3.86. The molecule has 2 rings (SSSR count). The summed E-state index contributed by atoms with van der Waals surface area (Å²) in [5.74, 6) is 5.17. The molecule has 0 fully saturated rings. The Labute approximate surface area is 105 Å². The van der Waals surface area contributed by atoms with Crippen LogP contribution in [0.25, 0.3) is 0 Å². The van der Waals surface area contributed by atoms with E-state index in [1.54, 1.807) is 43.5 Å². The molecule has 0 aliphatic rings. The molecule has 0 aliphatic heterocycles. The molecule has 0 saturated heterocycles. The first-order valence-electron chi connectivity index (χ1n) is 5.50. The third kappa shape index (κ3) is 2.75. The van der Waals surface area contributed by atoms with Gasteiger partial charge in [0.25, 0.3) is 0 Å². The zero-order valence-corrected chi connectivity index (χ0v) is 9.98. The monoisotopic (exact) mass is 247 g/mol. The average molecular weight is 247 g/mol. The Bertz CT molecular complexity index is 546. The number of pyridine rings is 1. The molecule has 0 radical (unpaired) electrons. The number of aromatic nitrogens is 1. The van der Waals surface area contributed by atoms with Gasteiger partial charge in [0.2, 0.25) is 0 Å².